The van der Waals surface area contributed by atoms with Gasteiger partial charge in [-0.15, -0.1) is 24.8 Å². The van der Waals surface area contributed by atoms with Gasteiger partial charge in [0, 0.05) is 31.6 Å². The molecule has 1 fully saturated rings. The lowest BCUT2D eigenvalue weighted by Gasteiger charge is -2.33. The average Bonchev–Trinajstić information content (AvgIpc) is 3.22. The van der Waals surface area contributed by atoms with Crippen molar-refractivity contribution in [3.05, 3.63) is 30.1 Å². The fourth-order valence-electron chi connectivity index (χ4n) is 3.44. The summed E-state index contributed by atoms with van der Waals surface area (Å²) in [5.74, 6) is 2.53. The SMILES string of the molecule is CO[C@H]1CCNC[C@H]1n1ccnc1-c1cc2c(cc1C)OCO2.Cl.Cl. The first-order valence-corrected chi connectivity index (χ1v) is 7.95. The molecule has 0 radical (unpaired) electrons. The monoisotopic (exact) mass is 387 g/mol. The molecular formula is C17H23Cl2N3O3. The number of nitrogens with one attached hydrogen (secondary N) is 1. The summed E-state index contributed by atoms with van der Waals surface area (Å²) in [7, 11) is 1.78. The molecule has 6 nitrogen and oxygen atoms in total. The van der Waals surface area contributed by atoms with Crippen molar-refractivity contribution >= 4 is 24.8 Å². The Kier molecular flexibility index (Phi) is 6.57. The predicted octanol–water partition coefficient (Wildman–Crippen LogP) is 2.98. The number of benzene rings is 1. The van der Waals surface area contributed by atoms with Gasteiger partial charge in [0.1, 0.15) is 5.82 Å². The molecule has 2 aliphatic heterocycles. The highest BCUT2D eigenvalue weighted by Crippen LogP contribution is 2.38. The maximum Gasteiger partial charge on any atom is 0.231 e. The number of nitrogens with zero attached hydrogens (tertiary/aromatic N) is 2. The van der Waals surface area contributed by atoms with Gasteiger partial charge >= 0.3 is 0 Å². The van der Waals surface area contributed by atoms with Gasteiger partial charge in [-0.25, -0.2) is 4.98 Å². The van der Waals surface area contributed by atoms with Crippen LogP contribution in [0.1, 0.15) is 18.0 Å². The lowest BCUT2D eigenvalue weighted by molar-refractivity contribution is 0.0365. The van der Waals surface area contributed by atoms with Gasteiger partial charge in [0.25, 0.3) is 0 Å². The van der Waals surface area contributed by atoms with Gasteiger partial charge in [-0.05, 0) is 37.6 Å². The molecule has 138 valence electrons. The van der Waals surface area contributed by atoms with Gasteiger partial charge < -0.3 is 24.1 Å². The van der Waals surface area contributed by atoms with Gasteiger partial charge in [0.05, 0.1) is 12.1 Å². The Hall–Kier alpha value is -1.47. The highest BCUT2D eigenvalue weighted by atomic mass is 35.5. The zero-order chi connectivity index (χ0) is 15.8. The van der Waals surface area contributed by atoms with Crippen LogP contribution in [0.4, 0.5) is 0 Å². The zero-order valence-electron chi connectivity index (χ0n) is 14.2. The minimum absolute atomic E-state index is 0. The number of aromatic nitrogens is 2. The minimum Gasteiger partial charge on any atom is -0.454 e. The second kappa shape index (κ2) is 8.27. The van der Waals surface area contributed by atoms with E-state index in [1.807, 2.05) is 24.5 Å². The third-order valence-corrected chi connectivity index (χ3v) is 4.68. The van der Waals surface area contributed by atoms with E-state index in [4.69, 9.17) is 14.2 Å². The van der Waals surface area contributed by atoms with E-state index in [9.17, 15) is 0 Å². The van der Waals surface area contributed by atoms with Crippen molar-refractivity contribution in [2.75, 3.05) is 27.0 Å². The number of ether oxygens (including phenoxy) is 3. The van der Waals surface area contributed by atoms with E-state index in [2.05, 4.69) is 21.8 Å². The van der Waals surface area contributed by atoms with E-state index in [1.54, 1.807) is 7.11 Å². The van der Waals surface area contributed by atoms with E-state index in [0.29, 0.717) is 0 Å². The van der Waals surface area contributed by atoms with Crippen molar-refractivity contribution in [1.29, 1.82) is 0 Å². The molecule has 8 heteroatoms. The second-order valence-electron chi connectivity index (χ2n) is 6.01. The standard InChI is InChI=1S/C17H21N3O3.2ClH/c1-11-7-15-16(23-10-22-15)8-12(11)17-19-5-6-20(17)13-9-18-4-3-14(13)21-2;;/h5-8,13-14,18H,3-4,9-10H2,1-2H3;2*1H/t13-,14+;;/m1../s1. The van der Waals surface area contributed by atoms with Crippen LogP contribution in [-0.2, 0) is 4.74 Å². The molecule has 2 aromatic rings. The molecule has 1 aromatic heterocycles. The number of fused-ring (bicyclic) bond motifs is 1. The number of halogens is 2. The highest BCUT2D eigenvalue weighted by Gasteiger charge is 2.29. The molecule has 0 unspecified atom stereocenters. The van der Waals surface area contributed by atoms with Crippen molar-refractivity contribution < 1.29 is 14.2 Å². The predicted molar refractivity (Wildman–Crippen MR) is 100 cm³/mol. The smallest absolute Gasteiger partial charge is 0.231 e. The van der Waals surface area contributed by atoms with Crippen LogP contribution in [0.2, 0.25) is 0 Å². The Morgan fingerprint density at radius 2 is 2.00 bits per heavy atom. The van der Waals surface area contributed by atoms with Gasteiger partial charge in [-0.3, -0.25) is 0 Å². The van der Waals surface area contributed by atoms with Crippen LogP contribution in [0.3, 0.4) is 0 Å². The molecule has 0 spiro atoms. The molecule has 3 heterocycles. The second-order valence-corrected chi connectivity index (χ2v) is 6.01. The Morgan fingerprint density at radius 3 is 2.76 bits per heavy atom. The maximum atomic E-state index is 5.69. The molecule has 0 aliphatic carbocycles. The van der Waals surface area contributed by atoms with Crippen molar-refractivity contribution in [1.82, 2.24) is 14.9 Å². The molecule has 25 heavy (non-hydrogen) atoms. The molecule has 0 bridgehead atoms. The van der Waals surface area contributed by atoms with Crippen molar-refractivity contribution in [2.45, 2.75) is 25.5 Å². The molecule has 2 atom stereocenters. The van der Waals surface area contributed by atoms with Crippen LogP contribution < -0.4 is 14.8 Å². The first kappa shape index (κ1) is 19.8. The highest BCUT2D eigenvalue weighted by molar-refractivity contribution is 5.85. The van der Waals surface area contributed by atoms with Crippen LogP contribution in [0.5, 0.6) is 11.5 Å². The lowest BCUT2D eigenvalue weighted by Crippen LogP contribution is -2.42. The average molecular weight is 388 g/mol. The summed E-state index contributed by atoms with van der Waals surface area (Å²) in [6.07, 6.45) is 5.07. The number of methoxy groups -OCH3 is 1. The number of imidazole rings is 1. The minimum atomic E-state index is 0. The van der Waals surface area contributed by atoms with Gasteiger partial charge in [0.15, 0.2) is 11.5 Å². The molecule has 0 saturated carbocycles. The van der Waals surface area contributed by atoms with Crippen LogP contribution in [-0.4, -0.2) is 42.6 Å². The third-order valence-electron chi connectivity index (χ3n) is 4.68. The van der Waals surface area contributed by atoms with E-state index in [1.165, 1.54) is 0 Å². The van der Waals surface area contributed by atoms with Gasteiger partial charge in [-0.2, -0.15) is 0 Å². The summed E-state index contributed by atoms with van der Waals surface area (Å²) < 4.78 is 18.9. The van der Waals surface area contributed by atoms with Crippen LogP contribution >= 0.6 is 24.8 Å². The molecule has 0 amide bonds. The van der Waals surface area contributed by atoms with Crippen molar-refractivity contribution in [3.8, 4) is 22.9 Å². The Balaban J connectivity index is 0.00000113. The first-order valence-electron chi connectivity index (χ1n) is 7.95. The van der Waals surface area contributed by atoms with Crippen LogP contribution in [0.25, 0.3) is 11.4 Å². The fourth-order valence-corrected chi connectivity index (χ4v) is 3.44. The van der Waals surface area contributed by atoms with Crippen LogP contribution in [0.15, 0.2) is 24.5 Å². The summed E-state index contributed by atoms with van der Waals surface area (Å²) in [6.45, 7) is 4.22. The fraction of sp³-hybridized carbons (Fsp3) is 0.471. The molecule has 1 saturated heterocycles. The molecule has 1 N–H and O–H groups in total. The van der Waals surface area contributed by atoms with E-state index < -0.39 is 0 Å². The number of aryl methyl sites for hydroxylation is 1. The number of piperidine rings is 1. The largest absolute Gasteiger partial charge is 0.454 e. The Bertz CT molecular complexity index is 723. The molecule has 2 aliphatic rings. The Labute approximate surface area is 159 Å². The normalized spacial score (nSPS) is 21.4. The quantitative estimate of drug-likeness (QED) is 0.876. The van der Waals surface area contributed by atoms with Gasteiger partial charge in [0.2, 0.25) is 6.79 Å². The summed E-state index contributed by atoms with van der Waals surface area (Å²) in [5, 5.41) is 3.45. The maximum absolute atomic E-state index is 5.69. The lowest BCUT2D eigenvalue weighted by atomic mass is 10.0. The van der Waals surface area contributed by atoms with E-state index >= 15 is 0 Å². The van der Waals surface area contributed by atoms with Crippen LogP contribution in [0, 0.1) is 6.92 Å². The van der Waals surface area contributed by atoms with Crippen molar-refractivity contribution in [2.24, 2.45) is 0 Å². The van der Waals surface area contributed by atoms with E-state index in [-0.39, 0.29) is 43.8 Å². The number of hydrogen-bond acceptors (Lipinski definition) is 5. The van der Waals surface area contributed by atoms with Crippen molar-refractivity contribution in [3.63, 3.8) is 0 Å². The summed E-state index contributed by atoms with van der Waals surface area (Å²) in [4.78, 5) is 4.60. The first-order chi connectivity index (χ1) is 11.3. The summed E-state index contributed by atoms with van der Waals surface area (Å²) >= 11 is 0. The molecular weight excluding hydrogens is 365 g/mol. The summed E-state index contributed by atoms with van der Waals surface area (Å²) in [5.41, 5.74) is 2.19. The number of hydrogen-bond donors (Lipinski definition) is 1. The van der Waals surface area contributed by atoms with E-state index in [0.717, 1.165) is 48.0 Å². The molecule has 4 rings (SSSR count). The molecule has 1 aromatic carbocycles. The van der Waals surface area contributed by atoms with Gasteiger partial charge in [-0.1, -0.05) is 0 Å². The Morgan fingerprint density at radius 1 is 1.24 bits per heavy atom. The zero-order valence-corrected chi connectivity index (χ0v) is 15.9. The summed E-state index contributed by atoms with van der Waals surface area (Å²) in [6, 6.07) is 4.27. The number of rotatable bonds is 3. The topological polar surface area (TPSA) is 57.5 Å². The third kappa shape index (κ3) is 3.58.